The third kappa shape index (κ3) is 8.88. The van der Waals surface area contributed by atoms with E-state index in [0.717, 1.165) is 30.0 Å². The lowest BCUT2D eigenvalue weighted by atomic mass is 10.0. The fourth-order valence-corrected chi connectivity index (χ4v) is 4.58. The Balaban J connectivity index is 0.000000627. The first kappa shape index (κ1) is 32.3. The molecule has 4 N–H and O–H groups in total. The van der Waals surface area contributed by atoms with Crippen LogP contribution in [-0.4, -0.2) is 32.2 Å². The van der Waals surface area contributed by atoms with E-state index in [1.165, 1.54) is 32.9 Å². The van der Waals surface area contributed by atoms with Crippen molar-refractivity contribution >= 4 is 27.6 Å². The van der Waals surface area contributed by atoms with E-state index in [2.05, 4.69) is 112 Å². The van der Waals surface area contributed by atoms with Gasteiger partial charge in [-0.3, -0.25) is 4.79 Å². The third-order valence-electron chi connectivity index (χ3n) is 7.03. The lowest BCUT2D eigenvalue weighted by molar-refractivity contribution is -0.121. The summed E-state index contributed by atoms with van der Waals surface area (Å²) >= 11 is 0. The third-order valence-corrected chi connectivity index (χ3v) is 7.03. The standard InChI is InChI=1S/C28H30N6O.C5H10.C2H6/c29-16-6-13-28(35)31-18-27-33-32-26(15-14-21-17-30-25-12-4-3-11-24(21)25)34(27)19-22-9-5-8-20-7-1-2-10-23(20)22;1-4-5(2)3;1-2/h1-5,7-12,17,30H,6,13-16,18-19,29H2,(H,31,35);4H,1-3H3;1-2H3. The van der Waals surface area contributed by atoms with Crippen molar-refractivity contribution in [1.29, 1.82) is 0 Å². The van der Waals surface area contributed by atoms with Gasteiger partial charge in [-0.2, -0.15) is 0 Å². The number of nitrogens with zero attached hydrogens (tertiary/aromatic N) is 3. The van der Waals surface area contributed by atoms with Crippen molar-refractivity contribution in [2.75, 3.05) is 6.54 Å². The number of nitrogens with one attached hydrogen (secondary N) is 2. The molecule has 0 radical (unpaired) electrons. The van der Waals surface area contributed by atoms with Crippen molar-refractivity contribution < 1.29 is 4.79 Å². The van der Waals surface area contributed by atoms with Crippen molar-refractivity contribution in [2.45, 2.75) is 73.4 Å². The molecule has 2 aromatic heterocycles. The maximum atomic E-state index is 12.2. The van der Waals surface area contributed by atoms with Crippen LogP contribution < -0.4 is 11.1 Å². The number of aromatic nitrogens is 4. The number of amides is 1. The Hall–Kier alpha value is -4.23. The fraction of sp³-hybridized carbons (Fsp3) is 0.343. The van der Waals surface area contributed by atoms with E-state index in [-0.39, 0.29) is 5.91 Å². The molecule has 222 valence electrons. The quantitative estimate of drug-likeness (QED) is 0.157. The molecule has 5 rings (SSSR count). The number of aromatic amines is 1. The minimum atomic E-state index is -0.0181. The summed E-state index contributed by atoms with van der Waals surface area (Å²) in [6, 6.07) is 23.1. The first-order valence-corrected chi connectivity index (χ1v) is 15.0. The number of hydrogen-bond acceptors (Lipinski definition) is 4. The summed E-state index contributed by atoms with van der Waals surface area (Å²) in [5.74, 6) is 1.65. The minimum absolute atomic E-state index is 0.0181. The topological polar surface area (TPSA) is 102 Å². The molecular weight excluding hydrogens is 520 g/mol. The van der Waals surface area contributed by atoms with Gasteiger partial charge in [0.2, 0.25) is 5.91 Å². The highest BCUT2D eigenvalue weighted by atomic mass is 16.1. The van der Waals surface area contributed by atoms with Crippen molar-refractivity contribution in [3.63, 3.8) is 0 Å². The molecule has 1 amide bonds. The molecule has 42 heavy (non-hydrogen) atoms. The molecule has 0 aliphatic heterocycles. The molecule has 0 aliphatic rings. The number of benzene rings is 3. The lowest BCUT2D eigenvalue weighted by Gasteiger charge is -2.13. The molecule has 0 spiro atoms. The van der Waals surface area contributed by atoms with Crippen molar-refractivity contribution in [3.05, 3.63) is 107 Å². The summed E-state index contributed by atoms with van der Waals surface area (Å²) in [6.45, 7) is 11.7. The summed E-state index contributed by atoms with van der Waals surface area (Å²) in [4.78, 5) is 15.6. The van der Waals surface area contributed by atoms with Crippen LogP contribution in [0.25, 0.3) is 21.7 Å². The Morgan fingerprint density at radius 1 is 0.905 bits per heavy atom. The van der Waals surface area contributed by atoms with Crippen LogP contribution in [0.5, 0.6) is 0 Å². The van der Waals surface area contributed by atoms with Crippen LogP contribution in [0.3, 0.4) is 0 Å². The van der Waals surface area contributed by atoms with E-state index in [4.69, 9.17) is 5.73 Å². The lowest BCUT2D eigenvalue weighted by Crippen LogP contribution is -2.25. The monoisotopic (exact) mass is 566 g/mol. The summed E-state index contributed by atoms with van der Waals surface area (Å²) in [5, 5.41) is 15.6. The summed E-state index contributed by atoms with van der Waals surface area (Å²) in [7, 11) is 0. The van der Waals surface area contributed by atoms with Crippen molar-refractivity contribution in [1.82, 2.24) is 25.1 Å². The van der Waals surface area contributed by atoms with Gasteiger partial charge in [-0.05, 0) is 68.1 Å². The SMILES string of the molecule is CC.CC=C(C)C.NCCCC(=O)NCc1nnc(CCc2c[nH]c3ccccc23)n1Cc1cccc2ccccc12. The number of carbonyl (C=O) groups excluding carboxylic acids is 1. The molecule has 0 bridgehead atoms. The Morgan fingerprint density at radius 2 is 1.57 bits per heavy atom. The normalized spacial score (nSPS) is 10.4. The zero-order chi connectivity index (χ0) is 30.3. The molecule has 3 aromatic carbocycles. The Kier molecular flexibility index (Phi) is 13.0. The highest BCUT2D eigenvalue weighted by Crippen LogP contribution is 2.22. The number of rotatable bonds is 10. The van der Waals surface area contributed by atoms with E-state index < -0.39 is 0 Å². The molecule has 0 saturated heterocycles. The molecule has 5 aromatic rings. The summed E-state index contributed by atoms with van der Waals surface area (Å²) < 4.78 is 2.15. The van der Waals surface area contributed by atoms with Crippen LogP contribution in [0, 0.1) is 0 Å². The number of allylic oxidation sites excluding steroid dienone is 2. The Labute approximate surface area is 250 Å². The first-order chi connectivity index (χ1) is 20.5. The molecule has 0 unspecified atom stereocenters. The number of aryl methyl sites for hydroxylation is 2. The fourth-order valence-electron chi connectivity index (χ4n) is 4.58. The van der Waals surface area contributed by atoms with Gasteiger partial charge in [0.05, 0.1) is 13.1 Å². The zero-order valence-electron chi connectivity index (χ0n) is 25.8. The van der Waals surface area contributed by atoms with E-state index in [1.54, 1.807) is 0 Å². The maximum Gasteiger partial charge on any atom is 0.220 e. The van der Waals surface area contributed by atoms with Gasteiger partial charge in [0, 0.05) is 29.9 Å². The largest absolute Gasteiger partial charge is 0.361 e. The number of hydrogen-bond donors (Lipinski definition) is 3. The van der Waals surface area contributed by atoms with Crippen LogP contribution >= 0.6 is 0 Å². The van der Waals surface area contributed by atoms with Crippen LogP contribution in [-0.2, 0) is 30.7 Å². The molecular formula is C35H46N6O. The van der Waals surface area contributed by atoms with E-state index in [1.807, 2.05) is 26.8 Å². The van der Waals surface area contributed by atoms with Crippen LogP contribution in [0.2, 0.25) is 0 Å². The first-order valence-electron chi connectivity index (χ1n) is 15.0. The number of fused-ring (bicyclic) bond motifs is 2. The second-order valence-corrected chi connectivity index (χ2v) is 10.2. The number of para-hydroxylation sites is 1. The second-order valence-electron chi connectivity index (χ2n) is 10.2. The zero-order valence-corrected chi connectivity index (χ0v) is 25.8. The average molecular weight is 567 g/mol. The highest BCUT2D eigenvalue weighted by molar-refractivity contribution is 5.85. The molecule has 0 atom stereocenters. The molecule has 7 nitrogen and oxygen atoms in total. The summed E-state index contributed by atoms with van der Waals surface area (Å²) in [6.07, 6.45) is 6.85. The molecule has 7 heteroatoms. The van der Waals surface area contributed by atoms with Gasteiger partial charge in [-0.1, -0.05) is 86.2 Å². The minimum Gasteiger partial charge on any atom is -0.361 e. The second kappa shape index (κ2) is 16.9. The average Bonchev–Trinajstić information content (AvgIpc) is 3.62. The van der Waals surface area contributed by atoms with Gasteiger partial charge in [0.15, 0.2) is 5.82 Å². The highest BCUT2D eigenvalue weighted by Gasteiger charge is 2.15. The molecule has 2 heterocycles. The van der Waals surface area contributed by atoms with Crippen LogP contribution in [0.4, 0.5) is 0 Å². The van der Waals surface area contributed by atoms with Gasteiger partial charge in [0.1, 0.15) is 5.82 Å². The predicted octanol–water partition coefficient (Wildman–Crippen LogP) is 7.10. The predicted molar refractivity (Wildman–Crippen MR) is 175 cm³/mol. The van der Waals surface area contributed by atoms with Crippen molar-refractivity contribution in [2.24, 2.45) is 5.73 Å². The molecule has 0 fully saturated rings. The van der Waals surface area contributed by atoms with Gasteiger partial charge < -0.3 is 20.6 Å². The summed E-state index contributed by atoms with van der Waals surface area (Å²) in [5.41, 5.74) is 10.5. The smallest absolute Gasteiger partial charge is 0.220 e. The number of H-pyrrole nitrogens is 1. The molecule has 0 aliphatic carbocycles. The van der Waals surface area contributed by atoms with Gasteiger partial charge in [-0.25, -0.2) is 0 Å². The maximum absolute atomic E-state index is 12.2. The van der Waals surface area contributed by atoms with E-state index >= 15 is 0 Å². The number of nitrogens with two attached hydrogens (primary N) is 1. The van der Waals surface area contributed by atoms with Crippen LogP contribution in [0.1, 0.15) is 70.2 Å². The van der Waals surface area contributed by atoms with Gasteiger partial charge in [0.25, 0.3) is 0 Å². The Morgan fingerprint density at radius 3 is 2.31 bits per heavy atom. The Bertz CT molecular complexity index is 1570. The number of carbonyl (C=O) groups is 1. The van der Waals surface area contributed by atoms with Crippen molar-refractivity contribution in [3.8, 4) is 0 Å². The van der Waals surface area contributed by atoms with Gasteiger partial charge >= 0.3 is 0 Å². The van der Waals surface area contributed by atoms with Gasteiger partial charge in [-0.15, -0.1) is 10.2 Å². The van der Waals surface area contributed by atoms with E-state index in [0.29, 0.717) is 32.5 Å². The van der Waals surface area contributed by atoms with E-state index in [9.17, 15) is 4.79 Å². The molecule has 0 saturated carbocycles. The van der Waals surface area contributed by atoms with Crippen LogP contribution in [0.15, 0.2) is 84.6 Å².